The van der Waals surface area contributed by atoms with Crippen LogP contribution in [0.2, 0.25) is 0 Å². The standard InChI is InChI=1S/C41H50F2N7O11P/c1-21-7-9-27(10-8-21)45-40(57)47-30(14-24-12-25(42)15-26(43)13-24)35(52)46-31-17-29-34(51)41(29)18-22(2)19-50(41)37(54)23(3)44-36(53)32-6-4-5-11-48(32)39(56)33-16-28(61-62(58,59)60)20-49(33)38(31)55/h7-10,12-13,15,22-23,28-33H,4-6,11,14,16-20H2,1-3H3,(H,44,53)(H,46,52)(H2,45,47,57)(H2,58,59,60)/t22-,23+,28-,29?,30+,31+,32+,33+,41?/m1/s1. The van der Waals surface area contributed by atoms with Crippen molar-refractivity contribution in [2.45, 2.75) is 108 Å². The molecule has 6 N–H and O–H groups in total. The molecule has 2 unspecified atom stereocenters. The first-order chi connectivity index (χ1) is 29.2. The minimum atomic E-state index is -5.17. The Morgan fingerprint density at radius 2 is 1.63 bits per heavy atom. The number of nitrogens with one attached hydrogen (secondary N) is 4. The van der Waals surface area contributed by atoms with Crippen molar-refractivity contribution in [3.8, 4) is 0 Å². The fraction of sp³-hybridized carbons (Fsp3) is 0.537. The number of aryl methyl sites for hydroxylation is 1. The molecule has 5 fully saturated rings. The number of phosphoric acid groups is 1. The number of phosphoric ester groups is 1. The highest BCUT2D eigenvalue weighted by Gasteiger charge is 2.72. The third kappa shape index (κ3) is 9.38. The first-order valence-corrected chi connectivity index (χ1v) is 22.2. The monoisotopic (exact) mass is 885 g/mol. The first kappa shape index (κ1) is 44.7. The summed E-state index contributed by atoms with van der Waals surface area (Å²) < 4.78 is 45.9. The van der Waals surface area contributed by atoms with Gasteiger partial charge in [-0.05, 0) is 81.7 Å². The van der Waals surface area contributed by atoms with Gasteiger partial charge in [-0.15, -0.1) is 0 Å². The van der Waals surface area contributed by atoms with Crippen LogP contribution in [0.1, 0.15) is 63.5 Å². The van der Waals surface area contributed by atoms with Crippen molar-refractivity contribution in [3.63, 3.8) is 0 Å². The number of benzene rings is 2. The Morgan fingerprint density at radius 1 is 0.935 bits per heavy atom. The molecule has 0 bridgehead atoms. The number of hydrogen-bond acceptors (Lipinski definition) is 9. The van der Waals surface area contributed by atoms with Crippen molar-refractivity contribution in [1.82, 2.24) is 30.7 Å². The van der Waals surface area contributed by atoms with E-state index in [4.69, 9.17) is 4.52 Å². The van der Waals surface area contributed by atoms with Crippen molar-refractivity contribution in [1.29, 1.82) is 0 Å². The summed E-state index contributed by atoms with van der Waals surface area (Å²) in [5, 5.41) is 10.5. The van der Waals surface area contributed by atoms with Crippen LogP contribution in [0.5, 0.6) is 0 Å². The van der Waals surface area contributed by atoms with E-state index in [0.717, 1.165) is 22.6 Å². The fourth-order valence-electron chi connectivity index (χ4n) is 9.61. The molecule has 2 aromatic rings. The van der Waals surface area contributed by atoms with E-state index in [1.807, 2.05) is 13.8 Å². The zero-order valence-corrected chi connectivity index (χ0v) is 35.2. The summed E-state index contributed by atoms with van der Waals surface area (Å²) in [5.41, 5.74) is -0.181. The quantitative estimate of drug-likeness (QED) is 0.208. The van der Waals surface area contributed by atoms with E-state index >= 15 is 4.79 Å². The second-order valence-corrected chi connectivity index (χ2v) is 18.3. The maximum atomic E-state index is 15.0. The van der Waals surface area contributed by atoms with E-state index in [9.17, 15) is 51.9 Å². The largest absolute Gasteiger partial charge is 0.469 e. The van der Waals surface area contributed by atoms with Crippen LogP contribution in [0, 0.1) is 30.4 Å². The molecular weight excluding hydrogens is 835 g/mol. The van der Waals surface area contributed by atoms with Crippen LogP contribution in [0.3, 0.4) is 0 Å². The summed E-state index contributed by atoms with van der Waals surface area (Å²) in [6.45, 7) is 4.87. The number of ketones is 1. The molecule has 0 aromatic heterocycles. The molecule has 1 spiro atoms. The molecule has 0 radical (unpaired) electrons. The Morgan fingerprint density at radius 3 is 2.31 bits per heavy atom. The molecule has 334 valence electrons. The number of amides is 7. The van der Waals surface area contributed by atoms with Gasteiger partial charge in [0, 0.05) is 44.2 Å². The maximum absolute atomic E-state index is 15.0. The van der Waals surface area contributed by atoms with Gasteiger partial charge in [-0.25, -0.2) is 18.1 Å². The van der Waals surface area contributed by atoms with Crippen LogP contribution in [-0.2, 0) is 44.3 Å². The number of fused-ring (bicyclic) bond motifs is 2. The highest BCUT2D eigenvalue weighted by atomic mass is 31.2. The van der Waals surface area contributed by atoms with Gasteiger partial charge < -0.3 is 45.8 Å². The van der Waals surface area contributed by atoms with E-state index in [2.05, 4.69) is 21.3 Å². The number of hydrogen-bond donors (Lipinski definition) is 6. The molecule has 18 nitrogen and oxygen atoms in total. The number of nitrogens with zero attached hydrogens (tertiary/aromatic N) is 3. The molecule has 7 rings (SSSR count). The fourth-order valence-corrected chi connectivity index (χ4v) is 10.1. The van der Waals surface area contributed by atoms with Crippen molar-refractivity contribution in [3.05, 3.63) is 65.2 Å². The summed E-state index contributed by atoms with van der Waals surface area (Å²) in [7, 11) is -5.17. The van der Waals surface area contributed by atoms with Gasteiger partial charge in [-0.2, -0.15) is 0 Å². The number of carbonyl (C=O) groups is 7. The second kappa shape index (κ2) is 17.5. The highest BCUT2D eigenvalue weighted by molar-refractivity contribution is 7.46. The zero-order chi connectivity index (χ0) is 44.8. The molecule has 2 aromatic carbocycles. The minimum Gasteiger partial charge on any atom is -0.343 e. The summed E-state index contributed by atoms with van der Waals surface area (Å²) in [4.78, 5) is 123. The predicted molar refractivity (Wildman–Crippen MR) is 214 cm³/mol. The lowest BCUT2D eigenvalue weighted by Gasteiger charge is -2.38. The molecule has 5 aliphatic rings. The minimum absolute atomic E-state index is 0.0342. The van der Waals surface area contributed by atoms with Crippen LogP contribution in [0.4, 0.5) is 19.3 Å². The zero-order valence-electron chi connectivity index (χ0n) is 34.3. The number of carbonyl (C=O) groups excluding carboxylic acids is 7. The smallest absolute Gasteiger partial charge is 0.343 e. The van der Waals surface area contributed by atoms with Crippen molar-refractivity contribution in [2.75, 3.05) is 25.0 Å². The molecule has 4 saturated heterocycles. The van der Waals surface area contributed by atoms with Crippen LogP contribution in [0.25, 0.3) is 0 Å². The Bertz CT molecular complexity index is 2190. The van der Waals surface area contributed by atoms with Crippen molar-refractivity contribution < 1.29 is 61.2 Å². The first-order valence-electron chi connectivity index (χ1n) is 20.6. The van der Waals surface area contributed by atoms with E-state index < -0.39 is 134 Å². The third-order valence-electron chi connectivity index (χ3n) is 12.5. The average molecular weight is 886 g/mol. The van der Waals surface area contributed by atoms with Crippen LogP contribution >= 0.6 is 7.82 Å². The van der Waals surface area contributed by atoms with Gasteiger partial charge >= 0.3 is 13.9 Å². The molecule has 1 aliphatic carbocycles. The lowest BCUT2D eigenvalue weighted by Crippen LogP contribution is -2.60. The summed E-state index contributed by atoms with van der Waals surface area (Å²) in [6, 6.07) is 1.44. The molecule has 21 heteroatoms. The molecular formula is C41H50F2N7O11P. The van der Waals surface area contributed by atoms with Gasteiger partial charge in [0.05, 0.1) is 12.0 Å². The van der Waals surface area contributed by atoms with Crippen LogP contribution in [0.15, 0.2) is 42.5 Å². The Labute approximate surface area is 355 Å². The highest BCUT2D eigenvalue weighted by Crippen LogP contribution is 2.55. The summed E-state index contributed by atoms with van der Waals surface area (Å²) in [5.74, 6) is -7.39. The second-order valence-electron chi connectivity index (χ2n) is 17.1. The van der Waals surface area contributed by atoms with Crippen molar-refractivity contribution in [2.24, 2.45) is 11.8 Å². The Kier molecular flexibility index (Phi) is 12.6. The van der Waals surface area contributed by atoms with Crippen LogP contribution in [-0.4, -0.2) is 127 Å². The van der Waals surface area contributed by atoms with E-state index in [0.29, 0.717) is 24.6 Å². The van der Waals surface area contributed by atoms with Gasteiger partial charge in [0.1, 0.15) is 47.4 Å². The van der Waals surface area contributed by atoms with E-state index in [1.165, 1.54) is 16.7 Å². The van der Waals surface area contributed by atoms with Gasteiger partial charge in [0.25, 0.3) is 0 Å². The molecule has 1 saturated carbocycles. The third-order valence-corrected chi connectivity index (χ3v) is 13.0. The maximum Gasteiger partial charge on any atom is 0.469 e. The molecule has 62 heavy (non-hydrogen) atoms. The number of urea groups is 1. The van der Waals surface area contributed by atoms with Gasteiger partial charge in [0.2, 0.25) is 29.5 Å². The van der Waals surface area contributed by atoms with Crippen molar-refractivity contribution >= 4 is 54.9 Å². The predicted octanol–water partition coefficient (Wildman–Crippen LogP) is 1.67. The number of anilines is 1. The molecule has 7 amide bonds. The molecule has 4 aliphatic heterocycles. The van der Waals surface area contributed by atoms with E-state index in [-0.39, 0.29) is 37.4 Å². The molecule has 4 heterocycles. The van der Waals surface area contributed by atoms with E-state index in [1.54, 1.807) is 24.3 Å². The van der Waals surface area contributed by atoms with Crippen LogP contribution < -0.4 is 21.3 Å². The lowest BCUT2D eigenvalue weighted by molar-refractivity contribution is -0.151. The number of halogens is 2. The average Bonchev–Trinajstić information content (AvgIpc) is 3.46. The topological polar surface area (TPSA) is 244 Å². The summed E-state index contributed by atoms with van der Waals surface area (Å²) in [6.07, 6.45) is -1.19. The normalized spacial score (nSPS) is 29.6. The lowest BCUT2D eigenvalue weighted by atomic mass is 9.98. The summed E-state index contributed by atoms with van der Waals surface area (Å²) >= 11 is 0. The van der Waals surface area contributed by atoms with Gasteiger partial charge in [-0.3, -0.25) is 33.3 Å². The number of rotatable bonds is 8. The SMILES string of the molecule is Cc1ccc(NC(=O)N[C@@H](Cc2cc(F)cc(F)c2)C(=O)N[C@H]2CC3C(=O)C34C[C@@H](C)CN4C(=O)[C@H](C)NC(=O)[C@@H]3CCCCN3C(=O)[C@@H]3C[C@@H](OP(=O)(O)O)CN3C2=O)cc1. The Balaban J connectivity index is 1.27. The van der Waals surface area contributed by atoms with Gasteiger partial charge in [-0.1, -0.05) is 24.6 Å². The Hall–Kier alpha value is -5.30. The number of piperidine rings is 1. The molecule has 9 atom stereocenters. The number of Topliss-reactive ketones (excluding diaryl/α,β-unsaturated/α-hetero) is 1. The van der Waals surface area contributed by atoms with Gasteiger partial charge in [0.15, 0.2) is 5.78 Å².